The average molecular weight is 290 g/mol. The average Bonchev–Trinajstić information content (AvgIpc) is 2.48. The first-order valence-electron chi connectivity index (χ1n) is 8.04. The van der Waals surface area contributed by atoms with E-state index in [9.17, 15) is 0 Å². The molecule has 0 atom stereocenters. The quantitative estimate of drug-likeness (QED) is 0.608. The number of fused-ring (bicyclic) bond motifs is 1. The van der Waals surface area contributed by atoms with Crippen LogP contribution >= 0.6 is 0 Å². The van der Waals surface area contributed by atoms with E-state index in [1.165, 1.54) is 33.3 Å². The molecule has 0 bridgehead atoms. The third-order valence-electron chi connectivity index (χ3n) is 4.30. The highest BCUT2D eigenvalue weighted by Gasteiger charge is 2.15. The van der Waals surface area contributed by atoms with E-state index < -0.39 is 0 Å². The van der Waals surface area contributed by atoms with E-state index in [0.29, 0.717) is 5.92 Å². The van der Waals surface area contributed by atoms with Gasteiger partial charge in [-0.3, -0.25) is 0 Å². The van der Waals surface area contributed by atoms with Crippen LogP contribution in [-0.4, -0.2) is 0 Å². The van der Waals surface area contributed by atoms with Gasteiger partial charge in [0, 0.05) is 23.1 Å². The lowest BCUT2D eigenvalue weighted by Crippen LogP contribution is -2.32. The molecule has 0 radical (unpaired) electrons. The Hall–Kier alpha value is -2.15. The summed E-state index contributed by atoms with van der Waals surface area (Å²) in [5.41, 5.74) is 6.59. The van der Waals surface area contributed by atoms with Crippen LogP contribution in [0.4, 0.5) is 0 Å². The standard InChI is InChI=1S/C21H24N/c1-15(2)13-17-9-11-20-18(14-17)10-12-21(22(20)4)19-8-6-5-7-16(19)3/h5-12,14-15H,13H2,1-4H3/q+1. The van der Waals surface area contributed by atoms with Crippen LogP contribution in [0.5, 0.6) is 0 Å². The van der Waals surface area contributed by atoms with Gasteiger partial charge in [-0.05, 0) is 48.6 Å². The van der Waals surface area contributed by atoms with Crippen molar-refractivity contribution in [3.8, 4) is 11.3 Å². The number of hydrogen-bond donors (Lipinski definition) is 0. The number of benzene rings is 2. The fourth-order valence-electron chi connectivity index (χ4n) is 3.18. The summed E-state index contributed by atoms with van der Waals surface area (Å²) < 4.78 is 2.30. The lowest BCUT2D eigenvalue weighted by molar-refractivity contribution is -0.633. The van der Waals surface area contributed by atoms with Crippen molar-refractivity contribution < 1.29 is 4.57 Å². The van der Waals surface area contributed by atoms with Crippen LogP contribution in [0.3, 0.4) is 0 Å². The van der Waals surface area contributed by atoms with Crippen LogP contribution in [0, 0.1) is 12.8 Å². The van der Waals surface area contributed by atoms with Gasteiger partial charge in [-0.15, -0.1) is 0 Å². The molecular weight excluding hydrogens is 266 g/mol. The molecule has 1 heteroatoms. The van der Waals surface area contributed by atoms with Gasteiger partial charge in [-0.1, -0.05) is 38.1 Å². The molecule has 1 heterocycles. The largest absolute Gasteiger partial charge is 0.213 e. The first kappa shape index (κ1) is 14.8. The number of pyridine rings is 1. The van der Waals surface area contributed by atoms with Crippen molar-refractivity contribution >= 4 is 10.9 Å². The Kier molecular flexibility index (Phi) is 3.98. The van der Waals surface area contributed by atoms with Crippen LogP contribution in [0.15, 0.2) is 54.6 Å². The molecule has 22 heavy (non-hydrogen) atoms. The molecule has 3 rings (SSSR count). The molecule has 0 aliphatic carbocycles. The third kappa shape index (κ3) is 2.76. The Morgan fingerprint density at radius 1 is 0.955 bits per heavy atom. The molecule has 0 fully saturated rings. The van der Waals surface area contributed by atoms with E-state index in [4.69, 9.17) is 0 Å². The van der Waals surface area contributed by atoms with Crippen molar-refractivity contribution in [3.05, 3.63) is 65.7 Å². The SMILES string of the molecule is Cc1ccccc1-c1ccc2cc(CC(C)C)ccc2[n+]1C. The zero-order valence-electron chi connectivity index (χ0n) is 13.9. The summed E-state index contributed by atoms with van der Waals surface area (Å²) >= 11 is 0. The van der Waals surface area contributed by atoms with Gasteiger partial charge in [0.15, 0.2) is 0 Å². The Labute approximate surface area is 133 Å². The lowest BCUT2D eigenvalue weighted by Gasteiger charge is -2.08. The smallest absolute Gasteiger partial charge is 0.194 e. The first-order valence-corrected chi connectivity index (χ1v) is 8.04. The number of nitrogens with zero attached hydrogens (tertiary/aromatic N) is 1. The topological polar surface area (TPSA) is 3.88 Å². The van der Waals surface area contributed by atoms with Crippen molar-refractivity contribution in [1.29, 1.82) is 0 Å². The van der Waals surface area contributed by atoms with Crippen molar-refractivity contribution in [3.63, 3.8) is 0 Å². The zero-order chi connectivity index (χ0) is 15.7. The van der Waals surface area contributed by atoms with Crippen molar-refractivity contribution in [2.75, 3.05) is 0 Å². The van der Waals surface area contributed by atoms with Crippen LogP contribution in [-0.2, 0) is 13.5 Å². The molecule has 2 aromatic carbocycles. The third-order valence-corrected chi connectivity index (χ3v) is 4.30. The summed E-state index contributed by atoms with van der Waals surface area (Å²) in [5.74, 6) is 0.692. The molecule has 3 aromatic rings. The first-order chi connectivity index (χ1) is 10.6. The minimum absolute atomic E-state index is 0.692. The minimum atomic E-state index is 0.692. The molecule has 0 aliphatic heterocycles. The second-order valence-corrected chi connectivity index (χ2v) is 6.58. The molecule has 0 N–H and O–H groups in total. The summed E-state index contributed by atoms with van der Waals surface area (Å²) in [4.78, 5) is 0. The number of aryl methyl sites for hydroxylation is 2. The van der Waals surface area contributed by atoms with Crippen molar-refractivity contribution in [2.45, 2.75) is 27.2 Å². The summed E-state index contributed by atoms with van der Waals surface area (Å²) in [6, 6.07) is 19.9. The Morgan fingerprint density at radius 2 is 1.73 bits per heavy atom. The van der Waals surface area contributed by atoms with Gasteiger partial charge in [-0.25, -0.2) is 0 Å². The maximum absolute atomic E-state index is 2.33. The maximum Gasteiger partial charge on any atom is 0.213 e. The van der Waals surface area contributed by atoms with Crippen molar-refractivity contribution in [2.24, 2.45) is 13.0 Å². The zero-order valence-corrected chi connectivity index (χ0v) is 13.9. The molecule has 0 amide bonds. The number of aromatic nitrogens is 1. The molecular formula is C21H24N+. The Morgan fingerprint density at radius 3 is 2.45 bits per heavy atom. The molecule has 112 valence electrons. The van der Waals surface area contributed by atoms with Crippen molar-refractivity contribution in [1.82, 2.24) is 0 Å². The van der Waals surface area contributed by atoms with Gasteiger partial charge in [0.05, 0.1) is 0 Å². The van der Waals surface area contributed by atoms with Gasteiger partial charge in [0.25, 0.3) is 0 Å². The number of hydrogen-bond acceptors (Lipinski definition) is 0. The second-order valence-electron chi connectivity index (χ2n) is 6.58. The normalized spacial score (nSPS) is 11.3. The second kappa shape index (κ2) is 5.92. The van der Waals surface area contributed by atoms with E-state index in [0.717, 1.165) is 6.42 Å². The number of rotatable bonds is 3. The maximum atomic E-state index is 2.33. The van der Waals surface area contributed by atoms with Gasteiger partial charge in [-0.2, -0.15) is 4.57 Å². The van der Waals surface area contributed by atoms with Gasteiger partial charge in [0.1, 0.15) is 7.05 Å². The summed E-state index contributed by atoms with van der Waals surface area (Å²) in [6.45, 7) is 6.71. The molecule has 0 spiro atoms. The fraction of sp³-hybridized carbons (Fsp3) is 0.286. The Balaban J connectivity index is 2.13. The predicted octanol–water partition coefficient (Wildman–Crippen LogP) is 4.84. The highest BCUT2D eigenvalue weighted by molar-refractivity contribution is 5.78. The molecule has 1 aromatic heterocycles. The molecule has 0 saturated carbocycles. The lowest BCUT2D eigenvalue weighted by atomic mass is 10.00. The summed E-state index contributed by atoms with van der Waals surface area (Å²) in [7, 11) is 2.16. The molecule has 0 saturated heterocycles. The van der Waals surface area contributed by atoms with Gasteiger partial charge >= 0.3 is 0 Å². The van der Waals surface area contributed by atoms with E-state index in [-0.39, 0.29) is 0 Å². The molecule has 0 unspecified atom stereocenters. The predicted molar refractivity (Wildman–Crippen MR) is 93.8 cm³/mol. The minimum Gasteiger partial charge on any atom is -0.194 e. The molecule has 1 nitrogen and oxygen atoms in total. The van der Waals surface area contributed by atoms with Crippen LogP contribution < -0.4 is 4.57 Å². The fourth-order valence-corrected chi connectivity index (χ4v) is 3.18. The highest BCUT2D eigenvalue weighted by atomic mass is 14.9. The van der Waals surface area contributed by atoms with Crippen LogP contribution in [0.2, 0.25) is 0 Å². The molecule has 0 aliphatic rings. The van der Waals surface area contributed by atoms with Gasteiger partial charge in [0.2, 0.25) is 11.2 Å². The Bertz CT molecular complexity index is 815. The van der Waals surface area contributed by atoms with E-state index in [1.807, 2.05) is 0 Å². The van der Waals surface area contributed by atoms with Gasteiger partial charge < -0.3 is 0 Å². The van der Waals surface area contributed by atoms with E-state index in [2.05, 4.69) is 87.0 Å². The summed E-state index contributed by atoms with van der Waals surface area (Å²) in [6.07, 6.45) is 1.14. The monoisotopic (exact) mass is 290 g/mol. The highest BCUT2D eigenvalue weighted by Crippen LogP contribution is 2.23. The van der Waals surface area contributed by atoms with E-state index in [1.54, 1.807) is 0 Å². The van der Waals surface area contributed by atoms with Crippen LogP contribution in [0.1, 0.15) is 25.0 Å². The van der Waals surface area contributed by atoms with E-state index >= 15 is 0 Å². The van der Waals surface area contributed by atoms with Crippen LogP contribution in [0.25, 0.3) is 22.2 Å². The summed E-state index contributed by atoms with van der Waals surface area (Å²) in [5, 5.41) is 1.32.